The van der Waals surface area contributed by atoms with Crippen molar-refractivity contribution in [3.05, 3.63) is 29.8 Å². The van der Waals surface area contributed by atoms with Crippen molar-refractivity contribution in [2.24, 2.45) is 0 Å². The third-order valence-corrected chi connectivity index (χ3v) is 5.35. The molecule has 1 aromatic carbocycles. The average Bonchev–Trinajstić information content (AvgIpc) is 2.98. The number of nitrogens with zero attached hydrogens (tertiary/aromatic N) is 2. The molecule has 148 valence electrons. The van der Waals surface area contributed by atoms with Crippen LogP contribution in [0.5, 0.6) is 0 Å². The number of urea groups is 1. The summed E-state index contributed by atoms with van der Waals surface area (Å²) in [5.74, 6) is 0.0527. The van der Waals surface area contributed by atoms with Crippen LogP contribution < -0.4 is 5.32 Å². The van der Waals surface area contributed by atoms with E-state index in [0.29, 0.717) is 17.8 Å². The molecular weight excluding hydrogens is 342 g/mol. The van der Waals surface area contributed by atoms with Crippen molar-refractivity contribution in [3.63, 3.8) is 0 Å². The Morgan fingerprint density at radius 1 is 1.15 bits per heavy atom. The van der Waals surface area contributed by atoms with E-state index in [9.17, 15) is 9.59 Å². The zero-order valence-electron chi connectivity index (χ0n) is 16.3. The van der Waals surface area contributed by atoms with Crippen LogP contribution in [0.3, 0.4) is 0 Å². The normalized spacial score (nSPS) is 20.6. The highest BCUT2D eigenvalue weighted by molar-refractivity contribution is 5.96. The Bertz CT molecular complexity index is 635. The molecule has 2 aliphatic heterocycles. The lowest BCUT2D eigenvalue weighted by molar-refractivity contribution is 0.00463. The van der Waals surface area contributed by atoms with Crippen molar-refractivity contribution in [1.82, 2.24) is 9.80 Å². The van der Waals surface area contributed by atoms with Crippen LogP contribution in [0.1, 0.15) is 55.3 Å². The molecule has 2 heterocycles. The summed E-state index contributed by atoms with van der Waals surface area (Å²) in [4.78, 5) is 28.8. The summed E-state index contributed by atoms with van der Waals surface area (Å²) >= 11 is 0. The molecule has 2 aliphatic rings. The van der Waals surface area contributed by atoms with Gasteiger partial charge in [-0.15, -0.1) is 0 Å². The van der Waals surface area contributed by atoms with Crippen LogP contribution in [-0.4, -0.2) is 61.1 Å². The van der Waals surface area contributed by atoms with Crippen molar-refractivity contribution in [2.75, 3.05) is 38.6 Å². The number of benzene rings is 1. The Kier molecular flexibility index (Phi) is 7.10. The fraction of sp³-hybridized carbons (Fsp3) is 0.619. The molecule has 6 nitrogen and oxygen atoms in total. The minimum atomic E-state index is -0.177. The van der Waals surface area contributed by atoms with E-state index < -0.39 is 0 Å². The molecular formula is C21H31N3O3. The molecule has 1 unspecified atom stereocenters. The van der Waals surface area contributed by atoms with E-state index in [2.05, 4.69) is 5.32 Å². The number of likely N-dealkylation sites (N-methyl/N-ethyl adjacent to an activating group) is 1. The summed E-state index contributed by atoms with van der Waals surface area (Å²) in [6.45, 7) is 3.00. The molecule has 0 aliphatic carbocycles. The standard InChI is InChI=1S/C21H31N3O3/c1-23(16-19-11-4-7-14-27-19)21(26)22-18-10-8-9-17(15-18)20(25)24-12-5-2-3-6-13-24/h8-10,15,19H,2-7,11-14,16H2,1H3,(H,22,26). The van der Waals surface area contributed by atoms with Gasteiger partial charge in [0.2, 0.25) is 0 Å². The molecule has 1 N–H and O–H groups in total. The Labute approximate surface area is 161 Å². The zero-order chi connectivity index (χ0) is 19.1. The molecule has 1 atom stereocenters. The first kappa shape index (κ1) is 19.7. The van der Waals surface area contributed by atoms with Gasteiger partial charge in [-0.25, -0.2) is 4.79 Å². The number of hydrogen-bond donors (Lipinski definition) is 1. The van der Waals surface area contributed by atoms with E-state index in [4.69, 9.17) is 4.74 Å². The number of ether oxygens (including phenoxy) is 1. The molecule has 0 aromatic heterocycles. The second-order valence-corrected chi connectivity index (χ2v) is 7.59. The number of nitrogens with one attached hydrogen (secondary N) is 1. The number of likely N-dealkylation sites (tertiary alicyclic amines) is 1. The quantitative estimate of drug-likeness (QED) is 0.875. The maximum Gasteiger partial charge on any atom is 0.321 e. The smallest absolute Gasteiger partial charge is 0.321 e. The van der Waals surface area contributed by atoms with Crippen molar-refractivity contribution in [3.8, 4) is 0 Å². The van der Waals surface area contributed by atoms with Gasteiger partial charge in [-0.1, -0.05) is 18.9 Å². The highest BCUT2D eigenvalue weighted by atomic mass is 16.5. The van der Waals surface area contributed by atoms with E-state index in [-0.39, 0.29) is 18.0 Å². The third-order valence-electron chi connectivity index (χ3n) is 5.35. The SMILES string of the molecule is CN(CC1CCCCO1)C(=O)Nc1cccc(C(=O)N2CCCCCC2)c1. The molecule has 2 fully saturated rings. The summed E-state index contributed by atoms with van der Waals surface area (Å²) in [7, 11) is 1.78. The highest BCUT2D eigenvalue weighted by Gasteiger charge is 2.20. The minimum Gasteiger partial charge on any atom is -0.376 e. The van der Waals surface area contributed by atoms with Crippen molar-refractivity contribution in [1.29, 1.82) is 0 Å². The number of rotatable bonds is 4. The lowest BCUT2D eigenvalue weighted by atomic mass is 10.1. The van der Waals surface area contributed by atoms with Gasteiger partial charge in [0.25, 0.3) is 5.91 Å². The molecule has 27 heavy (non-hydrogen) atoms. The van der Waals surface area contributed by atoms with E-state index in [1.165, 1.54) is 12.8 Å². The summed E-state index contributed by atoms with van der Waals surface area (Å²) < 4.78 is 5.71. The molecule has 6 heteroatoms. The summed E-state index contributed by atoms with van der Waals surface area (Å²) in [6.07, 6.45) is 7.88. The Hall–Kier alpha value is -2.08. The summed E-state index contributed by atoms with van der Waals surface area (Å²) in [5.41, 5.74) is 1.28. The van der Waals surface area contributed by atoms with E-state index in [0.717, 1.165) is 51.8 Å². The van der Waals surface area contributed by atoms with Crippen molar-refractivity contribution < 1.29 is 14.3 Å². The van der Waals surface area contributed by atoms with Crippen LogP contribution >= 0.6 is 0 Å². The first-order valence-corrected chi connectivity index (χ1v) is 10.2. The van der Waals surface area contributed by atoms with Crippen LogP contribution in [0.25, 0.3) is 0 Å². The van der Waals surface area contributed by atoms with Gasteiger partial charge in [0.15, 0.2) is 0 Å². The topological polar surface area (TPSA) is 61.9 Å². The highest BCUT2D eigenvalue weighted by Crippen LogP contribution is 2.17. The fourth-order valence-electron chi connectivity index (χ4n) is 3.74. The van der Waals surface area contributed by atoms with E-state index >= 15 is 0 Å². The predicted octanol–water partition coefficient (Wildman–Crippen LogP) is 3.74. The Morgan fingerprint density at radius 3 is 2.63 bits per heavy atom. The van der Waals surface area contributed by atoms with Gasteiger partial charge in [-0.2, -0.15) is 0 Å². The number of hydrogen-bond acceptors (Lipinski definition) is 3. The zero-order valence-corrected chi connectivity index (χ0v) is 16.3. The van der Waals surface area contributed by atoms with Crippen LogP contribution in [0.4, 0.5) is 10.5 Å². The predicted molar refractivity (Wildman–Crippen MR) is 106 cm³/mol. The maximum absolute atomic E-state index is 12.8. The average molecular weight is 373 g/mol. The van der Waals surface area contributed by atoms with Gasteiger partial charge in [0.05, 0.1) is 6.10 Å². The molecule has 0 bridgehead atoms. The number of carbonyl (C=O) groups is 2. The van der Waals surface area contributed by atoms with Crippen LogP contribution in [-0.2, 0) is 4.74 Å². The second-order valence-electron chi connectivity index (χ2n) is 7.59. The fourth-order valence-corrected chi connectivity index (χ4v) is 3.74. The minimum absolute atomic E-state index is 0.0527. The van der Waals surface area contributed by atoms with Gasteiger partial charge in [-0.05, 0) is 50.3 Å². The first-order valence-electron chi connectivity index (χ1n) is 10.2. The first-order chi connectivity index (χ1) is 13.1. The van der Waals surface area contributed by atoms with Crippen molar-refractivity contribution >= 4 is 17.6 Å². The molecule has 0 saturated carbocycles. The van der Waals surface area contributed by atoms with E-state index in [1.807, 2.05) is 23.1 Å². The van der Waals surface area contributed by atoms with Gasteiger partial charge in [-0.3, -0.25) is 4.79 Å². The van der Waals surface area contributed by atoms with Gasteiger partial charge in [0, 0.05) is 44.5 Å². The molecule has 0 spiro atoms. The Morgan fingerprint density at radius 2 is 1.93 bits per heavy atom. The lowest BCUT2D eigenvalue weighted by Crippen LogP contribution is -2.39. The molecule has 2 saturated heterocycles. The monoisotopic (exact) mass is 373 g/mol. The lowest BCUT2D eigenvalue weighted by Gasteiger charge is -2.27. The largest absolute Gasteiger partial charge is 0.376 e. The third kappa shape index (κ3) is 5.70. The second kappa shape index (κ2) is 9.74. The Balaban J connectivity index is 1.57. The molecule has 1 aromatic rings. The number of carbonyl (C=O) groups excluding carboxylic acids is 2. The summed E-state index contributed by atoms with van der Waals surface area (Å²) in [5, 5.41) is 2.90. The van der Waals surface area contributed by atoms with Gasteiger partial charge < -0.3 is 19.9 Å². The number of amides is 3. The van der Waals surface area contributed by atoms with Crippen LogP contribution in [0, 0.1) is 0 Å². The van der Waals surface area contributed by atoms with E-state index in [1.54, 1.807) is 18.0 Å². The molecule has 3 amide bonds. The van der Waals surface area contributed by atoms with Gasteiger partial charge in [0.1, 0.15) is 0 Å². The maximum atomic E-state index is 12.8. The van der Waals surface area contributed by atoms with Crippen LogP contribution in [0.15, 0.2) is 24.3 Å². The van der Waals surface area contributed by atoms with Crippen LogP contribution in [0.2, 0.25) is 0 Å². The molecule has 3 rings (SSSR count). The molecule has 0 radical (unpaired) electrons. The van der Waals surface area contributed by atoms with Gasteiger partial charge >= 0.3 is 6.03 Å². The number of anilines is 1. The van der Waals surface area contributed by atoms with Crippen molar-refractivity contribution in [2.45, 2.75) is 51.0 Å². The summed E-state index contributed by atoms with van der Waals surface area (Å²) in [6, 6.07) is 7.06.